The Morgan fingerprint density at radius 2 is 1.94 bits per heavy atom. The van der Waals surface area contributed by atoms with Crippen LogP contribution >= 0.6 is 0 Å². The fraction of sp³-hybridized carbons (Fsp3) is 0.923. The molecule has 18 heavy (non-hydrogen) atoms. The highest BCUT2D eigenvalue weighted by Gasteiger charge is 2.34. The molecule has 106 valence electrons. The van der Waals surface area contributed by atoms with Crippen molar-refractivity contribution in [2.45, 2.75) is 38.3 Å². The number of aliphatic imine (C=N–C) groups is 1. The molecule has 1 saturated heterocycles. The molecule has 0 aromatic carbocycles. The van der Waals surface area contributed by atoms with Crippen molar-refractivity contribution < 1.29 is 4.74 Å². The third kappa shape index (κ3) is 4.14. The largest absolute Gasteiger partial charge is 0.381 e. The fourth-order valence-electron chi connectivity index (χ4n) is 2.25. The van der Waals surface area contributed by atoms with Crippen molar-refractivity contribution in [1.29, 1.82) is 0 Å². The van der Waals surface area contributed by atoms with Crippen LogP contribution in [0.15, 0.2) is 4.99 Å². The van der Waals surface area contributed by atoms with E-state index in [0.29, 0.717) is 6.04 Å². The summed E-state index contributed by atoms with van der Waals surface area (Å²) in [5.41, 5.74) is 0.173. The molecule has 1 aliphatic rings. The zero-order valence-electron chi connectivity index (χ0n) is 12.4. The van der Waals surface area contributed by atoms with E-state index in [1.54, 1.807) is 0 Å². The van der Waals surface area contributed by atoms with E-state index in [0.717, 1.165) is 38.6 Å². The van der Waals surface area contributed by atoms with Crippen molar-refractivity contribution in [3.05, 3.63) is 0 Å². The molecule has 0 spiro atoms. The fourth-order valence-corrected chi connectivity index (χ4v) is 2.25. The summed E-state index contributed by atoms with van der Waals surface area (Å²) in [5.74, 6) is 0.873. The van der Waals surface area contributed by atoms with Gasteiger partial charge in [-0.15, -0.1) is 0 Å². The lowest BCUT2D eigenvalue weighted by atomic mass is 9.88. The highest BCUT2D eigenvalue weighted by atomic mass is 16.5. The number of likely N-dealkylation sites (N-methyl/N-ethyl adjacent to an activating group) is 1. The first kappa shape index (κ1) is 15.2. The Kier molecular flexibility index (Phi) is 5.88. The van der Waals surface area contributed by atoms with E-state index in [-0.39, 0.29) is 5.54 Å². The van der Waals surface area contributed by atoms with Crippen LogP contribution in [-0.4, -0.2) is 63.3 Å². The maximum Gasteiger partial charge on any atom is 0.191 e. The predicted molar refractivity (Wildman–Crippen MR) is 76.1 cm³/mol. The van der Waals surface area contributed by atoms with Gasteiger partial charge in [-0.3, -0.25) is 4.99 Å². The Morgan fingerprint density at radius 1 is 1.33 bits per heavy atom. The van der Waals surface area contributed by atoms with Gasteiger partial charge in [0, 0.05) is 38.4 Å². The van der Waals surface area contributed by atoms with Crippen LogP contribution in [0.1, 0.15) is 26.7 Å². The summed E-state index contributed by atoms with van der Waals surface area (Å²) >= 11 is 0. The zero-order chi connectivity index (χ0) is 13.6. The second-order valence-electron chi connectivity index (χ2n) is 5.46. The number of hydrogen-bond acceptors (Lipinski definition) is 3. The number of nitrogens with one attached hydrogen (secondary N) is 2. The van der Waals surface area contributed by atoms with Crippen molar-refractivity contribution >= 4 is 5.96 Å². The van der Waals surface area contributed by atoms with E-state index < -0.39 is 0 Å². The lowest BCUT2D eigenvalue weighted by Crippen LogP contribution is -2.57. The Labute approximate surface area is 111 Å². The molecule has 5 nitrogen and oxygen atoms in total. The van der Waals surface area contributed by atoms with Gasteiger partial charge in [-0.25, -0.2) is 0 Å². The average Bonchev–Trinajstić information content (AvgIpc) is 2.35. The minimum absolute atomic E-state index is 0.173. The summed E-state index contributed by atoms with van der Waals surface area (Å²) in [6, 6.07) is 0.390. The van der Waals surface area contributed by atoms with Crippen LogP contribution in [0, 0.1) is 0 Å². The topological polar surface area (TPSA) is 48.9 Å². The molecule has 2 N–H and O–H groups in total. The van der Waals surface area contributed by atoms with Crippen LogP contribution in [0.25, 0.3) is 0 Å². The van der Waals surface area contributed by atoms with Crippen LogP contribution in [0.3, 0.4) is 0 Å². The quantitative estimate of drug-likeness (QED) is 0.573. The van der Waals surface area contributed by atoms with Gasteiger partial charge >= 0.3 is 0 Å². The first-order valence-electron chi connectivity index (χ1n) is 6.72. The Morgan fingerprint density at radius 3 is 2.39 bits per heavy atom. The molecule has 1 aliphatic heterocycles. The third-order valence-corrected chi connectivity index (χ3v) is 3.61. The summed E-state index contributed by atoms with van der Waals surface area (Å²) < 4.78 is 5.47. The van der Waals surface area contributed by atoms with E-state index in [4.69, 9.17) is 4.74 Å². The summed E-state index contributed by atoms with van der Waals surface area (Å²) in [4.78, 5) is 6.56. The maximum absolute atomic E-state index is 5.47. The first-order valence-corrected chi connectivity index (χ1v) is 6.72. The molecule has 1 fully saturated rings. The van der Waals surface area contributed by atoms with Crippen molar-refractivity contribution in [2.24, 2.45) is 4.99 Å². The van der Waals surface area contributed by atoms with Crippen molar-refractivity contribution in [3.63, 3.8) is 0 Å². The van der Waals surface area contributed by atoms with Gasteiger partial charge in [0.2, 0.25) is 0 Å². The molecular formula is C13H28N4O. The van der Waals surface area contributed by atoms with Crippen LogP contribution in [0.2, 0.25) is 0 Å². The smallest absolute Gasteiger partial charge is 0.191 e. The van der Waals surface area contributed by atoms with Gasteiger partial charge in [-0.05, 0) is 40.8 Å². The molecular weight excluding hydrogens is 228 g/mol. The molecule has 0 unspecified atom stereocenters. The first-order chi connectivity index (χ1) is 8.50. The molecule has 0 aromatic rings. The van der Waals surface area contributed by atoms with Crippen molar-refractivity contribution in [1.82, 2.24) is 15.5 Å². The van der Waals surface area contributed by atoms with E-state index >= 15 is 0 Å². The summed E-state index contributed by atoms with van der Waals surface area (Å²) in [6.07, 6.45) is 2.12. The molecule has 0 bridgehead atoms. The highest BCUT2D eigenvalue weighted by Crippen LogP contribution is 2.24. The second kappa shape index (κ2) is 6.95. The average molecular weight is 256 g/mol. The zero-order valence-corrected chi connectivity index (χ0v) is 12.4. The molecule has 0 aromatic heterocycles. The molecule has 0 aliphatic carbocycles. The van der Waals surface area contributed by atoms with Gasteiger partial charge in [-0.2, -0.15) is 0 Å². The summed E-state index contributed by atoms with van der Waals surface area (Å²) in [7, 11) is 6.10. The van der Waals surface area contributed by atoms with Gasteiger partial charge in [0.1, 0.15) is 0 Å². The maximum atomic E-state index is 5.47. The SMILES string of the molecule is CN=C(NCC1(N(C)C)CCOCC1)NC(C)C. The number of ether oxygens (including phenoxy) is 1. The highest BCUT2D eigenvalue weighted by molar-refractivity contribution is 5.79. The minimum Gasteiger partial charge on any atom is -0.381 e. The van der Waals surface area contributed by atoms with Crippen LogP contribution in [0.4, 0.5) is 0 Å². The number of rotatable bonds is 4. The van der Waals surface area contributed by atoms with E-state index in [9.17, 15) is 0 Å². The number of guanidine groups is 1. The van der Waals surface area contributed by atoms with Crippen LogP contribution in [-0.2, 0) is 4.74 Å². The second-order valence-corrected chi connectivity index (χ2v) is 5.46. The number of nitrogens with zero attached hydrogens (tertiary/aromatic N) is 2. The van der Waals surface area contributed by atoms with Gasteiger partial charge < -0.3 is 20.3 Å². The Balaban J connectivity index is 2.56. The lowest BCUT2D eigenvalue weighted by molar-refractivity contribution is -0.00502. The van der Waals surface area contributed by atoms with Crippen LogP contribution in [0.5, 0.6) is 0 Å². The van der Waals surface area contributed by atoms with E-state index in [1.807, 2.05) is 7.05 Å². The van der Waals surface area contributed by atoms with Gasteiger partial charge in [0.05, 0.1) is 0 Å². The summed E-state index contributed by atoms with van der Waals surface area (Å²) in [6.45, 7) is 6.81. The van der Waals surface area contributed by atoms with Gasteiger partial charge in [-0.1, -0.05) is 0 Å². The van der Waals surface area contributed by atoms with Crippen molar-refractivity contribution in [2.75, 3.05) is 40.9 Å². The molecule has 0 radical (unpaired) electrons. The lowest BCUT2D eigenvalue weighted by Gasteiger charge is -2.43. The monoisotopic (exact) mass is 256 g/mol. The Bertz CT molecular complexity index is 270. The minimum atomic E-state index is 0.173. The predicted octanol–water partition coefficient (Wildman–Crippen LogP) is 0.671. The molecule has 0 saturated carbocycles. The number of hydrogen-bond donors (Lipinski definition) is 2. The molecule has 1 rings (SSSR count). The molecule has 1 heterocycles. The normalized spacial score (nSPS) is 20.3. The van der Waals surface area contributed by atoms with Gasteiger partial charge in [0.15, 0.2) is 5.96 Å². The standard InChI is InChI=1S/C13H28N4O/c1-11(2)16-12(14-3)15-10-13(17(4)5)6-8-18-9-7-13/h11H,6-10H2,1-5H3,(H2,14,15,16). The van der Waals surface area contributed by atoms with Gasteiger partial charge in [0.25, 0.3) is 0 Å². The Hall–Kier alpha value is -0.810. The molecule has 0 atom stereocenters. The van der Waals surface area contributed by atoms with E-state index in [2.05, 4.69) is 48.5 Å². The van der Waals surface area contributed by atoms with Crippen LogP contribution < -0.4 is 10.6 Å². The van der Waals surface area contributed by atoms with Crippen molar-refractivity contribution in [3.8, 4) is 0 Å². The third-order valence-electron chi connectivity index (χ3n) is 3.61. The van der Waals surface area contributed by atoms with E-state index in [1.165, 1.54) is 0 Å². The summed E-state index contributed by atoms with van der Waals surface area (Å²) in [5, 5.41) is 6.75. The molecule has 0 amide bonds. The molecule has 5 heteroatoms.